The van der Waals surface area contributed by atoms with Crippen molar-refractivity contribution >= 4 is 17.5 Å². The van der Waals surface area contributed by atoms with E-state index in [2.05, 4.69) is 27.4 Å². The predicted molar refractivity (Wildman–Crippen MR) is 148 cm³/mol. The summed E-state index contributed by atoms with van der Waals surface area (Å²) in [4.78, 5) is 37.8. The Hall–Kier alpha value is -4.78. The minimum absolute atomic E-state index is 0. The van der Waals surface area contributed by atoms with Crippen LogP contribution in [0.25, 0.3) is 11.1 Å². The summed E-state index contributed by atoms with van der Waals surface area (Å²) in [5.74, 6) is -0.715. The fourth-order valence-corrected chi connectivity index (χ4v) is 4.51. The van der Waals surface area contributed by atoms with Crippen molar-refractivity contribution in [1.29, 1.82) is 0 Å². The Kier molecular flexibility index (Phi) is 7.54. The molecule has 2 atom stereocenters. The molecule has 0 saturated carbocycles. The quantitative estimate of drug-likeness (QED) is 0.310. The molecule has 1 unspecified atom stereocenters. The third-order valence-corrected chi connectivity index (χ3v) is 6.46. The fraction of sp³-hybridized carbons (Fsp3) is 0.161. The summed E-state index contributed by atoms with van der Waals surface area (Å²) in [7, 11) is 0. The molecule has 0 spiro atoms. The number of amides is 2. The fourth-order valence-electron chi connectivity index (χ4n) is 4.51. The zero-order valence-corrected chi connectivity index (χ0v) is 21.0. The minimum atomic E-state index is -1.08. The minimum Gasteiger partial charge on any atom is -0.459 e. The highest BCUT2D eigenvalue weighted by atomic mass is 16.3. The van der Waals surface area contributed by atoms with Gasteiger partial charge in [0.2, 0.25) is 5.91 Å². The first-order valence-electron chi connectivity index (χ1n) is 12.6. The van der Waals surface area contributed by atoms with E-state index in [0.29, 0.717) is 11.4 Å². The van der Waals surface area contributed by atoms with E-state index in [1.165, 1.54) is 29.8 Å². The summed E-state index contributed by atoms with van der Waals surface area (Å²) < 4.78 is 5.46. The summed E-state index contributed by atoms with van der Waals surface area (Å²) >= 11 is 0. The average Bonchev–Trinajstić information content (AvgIpc) is 3.52. The number of carbonyl (C=O) groups excluding carboxylic acids is 2. The molecule has 1 N–H and O–H groups in total. The van der Waals surface area contributed by atoms with Crippen molar-refractivity contribution in [2.24, 2.45) is 0 Å². The maximum atomic E-state index is 13.9. The number of benzene rings is 2. The average molecular weight is 507 g/mol. The molecule has 2 heterocycles. The highest BCUT2D eigenvalue weighted by molar-refractivity contribution is 6.08. The molecular weight excluding hydrogens is 476 g/mol. The van der Waals surface area contributed by atoms with Crippen LogP contribution in [0.1, 0.15) is 43.5 Å². The number of allylic oxidation sites excluding steroid dienone is 2. The molecule has 0 saturated heterocycles. The van der Waals surface area contributed by atoms with Crippen molar-refractivity contribution in [3.8, 4) is 11.1 Å². The van der Waals surface area contributed by atoms with Gasteiger partial charge in [-0.1, -0.05) is 60.7 Å². The molecule has 0 bridgehead atoms. The third kappa shape index (κ3) is 5.47. The van der Waals surface area contributed by atoms with Gasteiger partial charge in [0.1, 0.15) is 0 Å². The first-order valence-corrected chi connectivity index (χ1v) is 12.6. The van der Waals surface area contributed by atoms with Crippen molar-refractivity contribution < 1.29 is 15.4 Å². The number of hydrogen-bond acceptors (Lipinski definition) is 5. The number of aromatic nitrogens is 2. The number of carbonyl (C=O) groups is 2. The van der Waals surface area contributed by atoms with E-state index in [9.17, 15) is 9.59 Å². The molecule has 38 heavy (non-hydrogen) atoms. The van der Waals surface area contributed by atoms with Gasteiger partial charge in [0.25, 0.3) is 5.91 Å². The van der Waals surface area contributed by atoms with Crippen molar-refractivity contribution in [3.05, 3.63) is 127 Å². The lowest BCUT2D eigenvalue weighted by atomic mass is 10.0. The second kappa shape index (κ2) is 11.5. The van der Waals surface area contributed by atoms with Crippen LogP contribution < -0.4 is 10.2 Å². The van der Waals surface area contributed by atoms with E-state index in [1.807, 2.05) is 67.6 Å². The van der Waals surface area contributed by atoms with Gasteiger partial charge >= 0.3 is 0 Å². The van der Waals surface area contributed by atoms with E-state index in [0.717, 1.165) is 29.5 Å². The molecule has 0 radical (unpaired) electrons. The van der Waals surface area contributed by atoms with Gasteiger partial charge in [0.15, 0.2) is 11.8 Å². The topological polar surface area (TPSA) is 88.3 Å². The lowest BCUT2D eigenvalue weighted by molar-refractivity contribution is -0.122. The summed E-state index contributed by atoms with van der Waals surface area (Å²) in [5, 5.41) is 3.09. The predicted octanol–water partition coefficient (Wildman–Crippen LogP) is 6.15. The van der Waals surface area contributed by atoms with Crippen LogP contribution in [0.2, 0.25) is 0 Å². The van der Waals surface area contributed by atoms with Crippen LogP contribution >= 0.6 is 0 Å². The smallest absolute Gasteiger partial charge is 0.295 e. The number of furan rings is 1. The normalized spacial score (nSPS) is 14.3. The number of rotatable bonds is 8. The SMILES string of the molecule is C[C@H](NC(=O)C(c1cnccn1)N(C(=O)c1ccco1)c1ccc(-c2ccccc2)cc1)C1=CCCC=C1.[HH]. The van der Waals surface area contributed by atoms with E-state index in [1.54, 1.807) is 12.1 Å². The Morgan fingerprint density at radius 1 is 0.974 bits per heavy atom. The Morgan fingerprint density at radius 2 is 1.76 bits per heavy atom. The second-order valence-corrected chi connectivity index (χ2v) is 9.01. The van der Waals surface area contributed by atoms with Crippen LogP contribution in [0, 0.1) is 0 Å². The molecule has 192 valence electrons. The standard InChI is InChI=1S/C31H28N4O3.H2/c1-22(23-9-4-2-5-10-23)34-30(36)29(27-21-32-18-19-33-27)35(31(37)28-13-8-20-38-28)26-16-14-25(15-17-26)24-11-6-3-7-12-24;/h3-4,6-22,29H,2,5H2,1H3,(H,34,36);1H/t22-,29?;/m0./s1. The number of hydrogen-bond donors (Lipinski definition) is 1. The number of nitrogens with zero attached hydrogens (tertiary/aromatic N) is 3. The zero-order chi connectivity index (χ0) is 26.3. The highest BCUT2D eigenvalue weighted by Gasteiger charge is 2.36. The van der Waals surface area contributed by atoms with Crippen LogP contribution in [-0.2, 0) is 4.79 Å². The summed E-state index contributed by atoms with van der Waals surface area (Å²) in [6.45, 7) is 1.93. The molecule has 2 aromatic carbocycles. The Labute approximate surface area is 223 Å². The van der Waals surface area contributed by atoms with E-state index in [-0.39, 0.29) is 19.1 Å². The lowest BCUT2D eigenvalue weighted by Crippen LogP contribution is -2.47. The van der Waals surface area contributed by atoms with E-state index in [4.69, 9.17) is 4.42 Å². The molecule has 4 aromatic rings. The largest absolute Gasteiger partial charge is 0.459 e. The molecule has 0 aliphatic heterocycles. The second-order valence-electron chi connectivity index (χ2n) is 9.01. The molecule has 7 nitrogen and oxygen atoms in total. The number of nitrogens with one attached hydrogen (secondary N) is 1. The Bertz CT molecular complexity index is 1440. The molecule has 5 rings (SSSR count). The Balaban J connectivity index is 0.00000353. The molecular formula is C31H30N4O3. The molecule has 7 heteroatoms. The summed E-state index contributed by atoms with van der Waals surface area (Å²) in [6, 6.07) is 19.4. The molecule has 2 amide bonds. The van der Waals surface area contributed by atoms with Gasteiger partial charge < -0.3 is 9.73 Å². The molecule has 1 aliphatic carbocycles. The maximum absolute atomic E-state index is 13.9. The molecule has 2 aromatic heterocycles. The first-order chi connectivity index (χ1) is 18.6. The van der Waals surface area contributed by atoms with Crippen LogP contribution in [-0.4, -0.2) is 27.8 Å². The van der Waals surface area contributed by atoms with Crippen LogP contribution in [0.3, 0.4) is 0 Å². The zero-order valence-electron chi connectivity index (χ0n) is 21.0. The van der Waals surface area contributed by atoms with Crippen molar-refractivity contribution in [3.63, 3.8) is 0 Å². The molecule has 0 fully saturated rings. The molecule has 1 aliphatic rings. The van der Waals surface area contributed by atoms with Gasteiger partial charge in [0, 0.05) is 19.5 Å². The van der Waals surface area contributed by atoms with Gasteiger partial charge in [0.05, 0.1) is 24.2 Å². The summed E-state index contributed by atoms with van der Waals surface area (Å²) in [6.07, 6.45) is 14.1. The van der Waals surface area contributed by atoms with Crippen molar-refractivity contribution in [2.75, 3.05) is 4.90 Å². The Morgan fingerprint density at radius 3 is 2.42 bits per heavy atom. The monoisotopic (exact) mass is 506 g/mol. The lowest BCUT2D eigenvalue weighted by Gasteiger charge is -2.31. The van der Waals surface area contributed by atoms with Gasteiger partial charge in [-0.3, -0.25) is 24.5 Å². The first kappa shape index (κ1) is 24.9. The maximum Gasteiger partial charge on any atom is 0.295 e. The highest BCUT2D eigenvalue weighted by Crippen LogP contribution is 2.31. The number of anilines is 1. The van der Waals surface area contributed by atoms with Crippen LogP contribution in [0.15, 0.2) is 120 Å². The van der Waals surface area contributed by atoms with Gasteiger partial charge in [-0.2, -0.15) is 0 Å². The van der Waals surface area contributed by atoms with Crippen LogP contribution in [0.4, 0.5) is 5.69 Å². The van der Waals surface area contributed by atoms with Crippen LogP contribution in [0.5, 0.6) is 0 Å². The van der Waals surface area contributed by atoms with Crippen molar-refractivity contribution in [2.45, 2.75) is 31.8 Å². The third-order valence-electron chi connectivity index (χ3n) is 6.46. The summed E-state index contributed by atoms with van der Waals surface area (Å²) in [5.41, 5.74) is 3.94. The van der Waals surface area contributed by atoms with E-state index < -0.39 is 11.9 Å². The van der Waals surface area contributed by atoms with Gasteiger partial charge in [-0.25, -0.2) is 0 Å². The van der Waals surface area contributed by atoms with Gasteiger partial charge in [-0.15, -0.1) is 0 Å². The van der Waals surface area contributed by atoms with Gasteiger partial charge in [-0.05, 0) is 60.7 Å². The van der Waals surface area contributed by atoms with E-state index >= 15 is 0 Å². The van der Waals surface area contributed by atoms with Crippen molar-refractivity contribution in [1.82, 2.24) is 15.3 Å².